The van der Waals surface area contributed by atoms with E-state index in [0.29, 0.717) is 5.02 Å². The molecule has 5 heteroatoms. The van der Waals surface area contributed by atoms with Crippen molar-refractivity contribution in [2.75, 3.05) is 12.4 Å². The molecule has 0 spiro atoms. The summed E-state index contributed by atoms with van der Waals surface area (Å²) in [4.78, 5) is 13.0. The fourth-order valence-corrected chi connectivity index (χ4v) is 3.28. The third kappa shape index (κ3) is 4.13. The Labute approximate surface area is 123 Å². The number of rotatable bonds is 4. The Hall–Kier alpha value is -0.710. The monoisotopic (exact) mass is 299 g/mol. The molecule has 0 unspecified atom stereocenters. The predicted octanol–water partition coefficient (Wildman–Crippen LogP) is 3.42. The number of carbonyl (C=O) groups excluding carboxylic acids is 1. The molecule has 1 aliphatic rings. The molecule has 1 aliphatic heterocycles. The zero-order chi connectivity index (χ0) is 13.8. The van der Waals surface area contributed by atoms with Crippen LogP contribution in [0.1, 0.15) is 31.9 Å². The second-order valence-corrected chi connectivity index (χ2v) is 6.37. The van der Waals surface area contributed by atoms with Crippen LogP contribution in [0.15, 0.2) is 23.1 Å². The Morgan fingerprint density at radius 3 is 3.11 bits per heavy atom. The number of fused-ring (bicyclic) bond motifs is 1. The largest absolute Gasteiger partial charge is 0.369 e. The average molecular weight is 300 g/mol. The van der Waals surface area contributed by atoms with Gasteiger partial charge in [0.1, 0.15) is 6.61 Å². The molecular formula is C14H18ClNO2S. The van der Waals surface area contributed by atoms with Crippen molar-refractivity contribution in [3.8, 4) is 0 Å². The number of carbonyl (C=O) groups is 1. The summed E-state index contributed by atoms with van der Waals surface area (Å²) in [6.07, 6.45) is 0.986. The maximum absolute atomic E-state index is 11.8. The zero-order valence-corrected chi connectivity index (χ0v) is 12.7. The SMILES string of the molecule is CC(C)OCC(=O)N[C@@H]1CCSc2ccc(Cl)cc21. The Balaban J connectivity index is 2.03. The number of halogens is 1. The normalized spacial score (nSPS) is 18.2. The molecule has 0 radical (unpaired) electrons. The highest BCUT2D eigenvalue weighted by Gasteiger charge is 2.22. The van der Waals surface area contributed by atoms with E-state index in [2.05, 4.69) is 5.32 Å². The summed E-state index contributed by atoms with van der Waals surface area (Å²) < 4.78 is 5.31. The van der Waals surface area contributed by atoms with E-state index >= 15 is 0 Å². The molecule has 0 aliphatic carbocycles. The van der Waals surface area contributed by atoms with E-state index in [0.717, 1.165) is 17.7 Å². The highest BCUT2D eigenvalue weighted by Crippen LogP contribution is 2.37. The number of hydrogen-bond donors (Lipinski definition) is 1. The molecule has 1 atom stereocenters. The summed E-state index contributed by atoms with van der Waals surface area (Å²) in [6, 6.07) is 5.89. The van der Waals surface area contributed by atoms with Crippen molar-refractivity contribution in [1.82, 2.24) is 5.32 Å². The van der Waals surface area contributed by atoms with Crippen molar-refractivity contribution < 1.29 is 9.53 Å². The lowest BCUT2D eigenvalue weighted by atomic mass is 10.0. The van der Waals surface area contributed by atoms with E-state index in [1.54, 1.807) is 11.8 Å². The minimum absolute atomic E-state index is 0.0400. The molecule has 104 valence electrons. The van der Waals surface area contributed by atoms with Crippen molar-refractivity contribution in [2.24, 2.45) is 0 Å². The third-order valence-electron chi connectivity index (χ3n) is 2.89. The number of hydrogen-bond acceptors (Lipinski definition) is 3. The second kappa shape index (κ2) is 6.64. The lowest BCUT2D eigenvalue weighted by Gasteiger charge is -2.26. The topological polar surface area (TPSA) is 38.3 Å². The number of amides is 1. The highest BCUT2D eigenvalue weighted by atomic mass is 35.5. The van der Waals surface area contributed by atoms with Crippen molar-refractivity contribution in [1.29, 1.82) is 0 Å². The van der Waals surface area contributed by atoms with Gasteiger partial charge in [0.05, 0.1) is 12.1 Å². The quantitative estimate of drug-likeness (QED) is 0.926. The Morgan fingerprint density at radius 2 is 2.37 bits per heavy atom. The molecule has 2 rings (SSSR count). The lowest BCUT2D eigenvalue weighted by molar-refractivity contribution is -0.127. The first-order valence-electron chi connectivity index (χ1n) is 6.39. The first kappa shape index (κ1) is 14.7. The molecule has 1 heterocycles. The van der Waals surface area contributed by atoms with Crippen LogP contribution in [0, 0.1) is 0 Å². The van der Waals surface area contributed by atoms with Gasteiger partial charge >= 0.3 is 0 Å². The van der Waals surface area contributed by atoms with Gasteiger partial charge in [-0.05, 0) is 44.0 Å². The number of ether oxygens (including phenoxy) is 1. The molecule has 1 amide bonds. The van der Waals surface area contributed by atoms with Crippen LogP contribution in [0.3, 0.4) is 0 Å². The summed E-state index contributed by atoms with van der Waals surface area (Å²) in [5, 5.41) is 3.73. The van der Waals surface area contributed by atoms with Crippen LogP contribution in [0.2, 0.25) is 5.02 Å². The molecule has 1 aromatic rings. The van der Waals surface area contributed by atoms with Crippen molar-refractivity contribution >= 4 is 29.3 Å². The van der Waals surface area contributed by atoms with E-state index < -0.39 is 0 Å². The lowest BCUT2D eigenvalue weighted by Crippen LogP contribution is -2.34. The van der Waals surface area contributed by atoms with E-state index in [9.17, 15) is 4.79 Å². The average Bonchev–Trinajstić information content (AvgIpc) is 2.37. The van der Waals surface area contributed by atoms with E-state index in [1.807, 2.05) is 32.0 Å². The molecule has 0 bridgehead atoms. The number of thioether (sulfide) groups is 1. The maximum Gasteiger partial charge on any atom is 0.246 e. The van der Waals surface area contributed by atoms with Gasteiger partial charge in [0.2, 0.25) is 5.91 Å². The molecule has 0 saturated carbocycles. The minimum atomic E-state index is -0.0727. The van der Waals surface area contributed by atoms with Crippen LogP contribution in [0.5, 0.6) is 0 Å². The minimum Gasteiger partial charge on any atom is -0.369 e. The van der Waals surface area contributed by atoms with Crippen LogP contribution < -0.4 is 5.32 Å². The molecule has 1 aromatic carbocycles. The molecule has 0 saturated heterocycles. The molecule has 0 aromatic heterocycles. The Morgan fingerprint density at radius 1 is 1.58 bits per heavy atom. The van der Waals surface area contributed by atoms with E-state index in [-0.39, 0.29) is 24.7 Å². The number of nitrogens with one attached hydrogen (secondary N) is 1. The summed E-state index contributed by atoms with van der Waals surface area (Å²) >= 11 is 7.84. The molecule has 19 heavy (non-hydrogen) atoms. The van der Waals surface area contributed by atoms with Gasteiger partial charge in [-0.15, -0.1) is 11.8 Å². The van der Waals surface area contributed by atoms with E-state index in [4.69, 9.17) is 16.3 Å². The first-order valence-corrected chi connectivity index (χ1v) is 7.76. The van der Waals surface area contributed by atoms with Crippen LogP contribution in [-0.4, -0.2) is 24.4 Å². The molecule has 0 fully saturated rings. The van der Waals surface area contributed by atoms with Gasteiger partial charge in [-0.25, -0.2) is 0 Å². The van der Waals surface area contributed by atoms with Gasteiger partial charge in [-0.1, -0.05) is 11.6 Å². The van der Waals surface area contributed by atoms with Crippen molar-refractivity contribution in [3.05, 3.63) is 28.8 Å². The predicted molar refractivity (Wildman–Crippen MR) is 78.8 cm³/mol. The van der Waals surface area contributed by atoms with Crippen LogP contribution in [-0.2, 0) is 9.53 Å². The Kier molecular flexibility index (Phi) is 5.13. The Bertz CT molecular complexity index is 465. The fraction of sp³-hybridized carbons (Fsp3) is 0.500. The van der Waals surface area contributed by atoms with Gasteiger partial charge < -0.3 is 10.1 Å². The van der Waals surface area contributed by atoms with Gasteiger partial charge in [-0.3, -0.25) is 4.79 Å². The summed E-state index contributed by atoms with van der Waals surface area (Å²) in [5.74, 6) is 0.932. The van der Waals surface area contributed by atoms with Gasteiger partial charge in [0.25, 0.3) is 0 Å². The smallest absolute Gasteiger partial charge is 0.246 e. The van der Waals surface area contributed by atoms with Gasteiger partial charge in [0, 0.05) is 15.7 Å². The maximum atomic E-state index is 11.8. The molecule has 1 N–H and O–H groups in total. The van der Waals surface area contributed by atoms with Crippen molar-refractivity contribution in [3.63, 3.8) is 0 Å². The summed E-state index contributed by atoms with van der Waals surface area (Å²) in [6.45, 7) is 3.94. The first-order chi connectivity index (χ1) is 9.06. The zero-order valence-electron chi connectivity index (χ0n) is 11.1. The highest BCUT2D eigenvalue weighted by molar-refractivity contribution is 7.99. The second-order valence-electron chi connectivity index (χ2n) is 4.80. The van der Waals surface area contributed by atoms with Crippen molar-refractivity contribution in [2.45, 2.75) is 37.3 Å². The summed E-state index contributed by atoms with van der Waals surface area (Å²) in [7, 11) is 0. The van der Waals surface area contributed by atoms with Crippen LogP contribution >= 0.6 is 23.4 Å². The molecular weight excluding hydrogens is 282 g/mol. The van der Waals surface area contributed by atoms with Crippen LogP contribution in [0.4, 0.5) is 0 Å². The van der Waals surface area contributed by atoms with Crippen LogP contribution in [0.25, 0.3) is 0 Å². The van der Waals surface area contributed by atoms with Gasteiger partial charge in [-0.2, -0.15) is 0 Å². The fourth-order valence-electron chi connectivity index (χ4n) is 1.99. The summed E-state index contributed by atoms with van der Waals surface area (Å²) in [5.41, 5.74) is 1.11. The molecule has 3 nitrogen and oxygen atoms in total. The van der Waals surface area contributed by atoms with Gasteiger partial charge in [0.15, 0.2) is 0 Å². The standard InChI is InChI=1S/C14H18ClNO2S/c1-9(2)18-8-14(17)16-12-5-6-19-13-4-3-10(15)7-11(12)13/h3-4,7,9,12H,5-6,8H2,1-2H3,(H,16,17)/t12-/m1/s1. The van der Waals surface area contributed by atoms with E-state index in [1.165, 1.54) is 4.90 Å². The third-order valence-corrected chi connectivity index (χ3v) is 4.25. The number of benzene rings is 1.